The van der Waals surface area contributed by atoms with E-state index in [0.29, 0.717) is 13.0 Å². The maximum Gasteiger partial charge on any atom is 0.305 e. The molecule has 1 fully saturated rings. The molecule has 0 aromatic heterocycles. The predicted octanol–water partition coefficient (Wildman–Crippen LogP) is 1.97. The molecule has 0 aliphatic carbocycles. The number of carbonyl (C=O) groups is 1. The van der Waals surface area contributed by atoms with Crippen molar-refractivity contribution in [3.05, 3.63) is 0 Å². The molecule has 1 rings (SSSR count). The fourth-order valence-electron chi connectivity index (χ4n) is 1.29. The first kappa shape index (κ1) is 13.4. The van der Waals surface area contributed by atoms with Crippen molar-refractivity contribution in [2.45, 2.75) is 40.0 Å². The molecule has 0 saturated carbocycles. The van der Waals surface area contributed by atoms with Crippen molar-refractivity contribution in [1.29, 1.82) is 0 Å². The fourth-order valence-corrected chi connectivity index (χ4v) is 1.29. The van der Waals surface area contributed by atoms with Gasteiger partial charge in [-0.15, -0.1) is 0 Å². The Morgan fingerprint density at radius 3 is 2.43 bits per heavy atom. The monoisotopic (exact) mass is 201 g/mol. The second kappa shape index (κ2) is 9.00. The molecular formula is C11H23NO2. The van der Waals surface area contributed by atoms with Crippen LogP contribution in [0.2, 0.25) is 0 Å². The molecule has 3 nitrogen and oxygen atoms in total. The van der Waals surface area contributed by atoms with Crippen LogP contribution in [0.1, 0.15) is 40.0 Å². The maximum atomic E-state index is 10.2. The Kier molecular flexibility index (Phi) is 8.64. The van der Waals surface area contributed by atoms with E-state index < -0.39 is 0 Å². The molecule has 1 saturated heterocycles. The van der Waals surface area contributed by atoms with Crippen LogP contribution in [0.5, 0.6) is 0 Å². The summed E-state index contributed by atoms with van der Waals surface area (Å²) in [5.41, 5.74) is 0. The van der Waals surface area contributed by atoms with Gasteiger partial charge in [0, 0.05) is 6.42 Å². The lowest BCUT2D eigenvalue weighted by Crippen LogP contribution is -2.27. The van der Waals surface area contributed by atoms with Crippen LogP contribution >= 0.6 is 0 Å². The van der Waals surface area contributed by atoms with Crippen molar-refractivity contribution in [3.63, 3.8) is 0 Å². The van der Waals surface area contributed by atoms with Gasteiger partial charge < -0.3 is 10.1 Å². The van der Waals surface area contributed by atoms with E-state index in [9.17, 15) is 4.79 Å². The highest BCUT2D eigenvalue weighted by Gasteiger charge is 2.04. The number of piperidine rings is 1. The molecule has 3 heteroatoms. The van der Waals surface area contributed by atoms with Crippen LogP contribution in [0.3, 0.4) is 0 Å². The minimum Gasteiger partial charge on any atom is -0.466 e. The molecule has 1 aliphatic heterocycles. The summed E-state index contributed by atoms with van der Waals surface area (Å²) in [5.74, 6) is 0.802. The third kappa shape index (κ3) is 8.05. The average Bonchev–Trinajstić information content (AvgIpc) is 2.20. The Hall–Kier alpha value is -0.570. The fraction of sp³-hybridized carbons (Fsp3) is 0.909. The van der Waals surface area contributed by atoms with Crippen molar-refractivity contribution < 1.29 is 9.53 Å². The van der Waals surface area contributed by atoms with Crippen molar-refractivity contribution in [2.24, 2.45) is 5.92 Å². The summed E-state index contributed by atoms with van der Waals surface area (Å²) in [4.78, 5) is 10.2. The highest BCUT2D eigenvalue weighted by Crippen LogP contribution is 2.06. The van der Waals surface area contributed by atoms with E-state index in [-0.39, 0.29) is 5.97 Å². The van der Waals surface area contributed by atoms with E-state index in [1.807, 2.05) is 0 Å². The summed E-state index contributed by atoms with van der Waals surface area (Å²) in [7, 11) is 0. The zero-order valence-electron chi connectivity index (χ0n) is 9.64. The number of hydrogen-bond donors (Lipinski definition) is 1. The quantitative estimate of drug-likeness (QED) is 0.694. The smallest absolute Gasteiger partial charge is 0.305 e. The van der Waals surface area contributed by atoms with Gasteiger partial charge in [0.25, 0.3) is 0 Å². The Labute approximate surface area is 87.2 Å². The lowest BCUT2D eigenvalue weighted by atomic mass is 10.0. The molecule has 14 heavy (non-hydrogen) atoms. The largest absolute Gasteiger partial charge is 0.466 e. The number of nitrogens with one attached hydrogen (secondary N) is 1. The van der Waals surface area contributed by atoms with E-state index in [1.54, 1.807) is 13.8 Å². The molecule has 0 spiro atoms. The van der Waals surface area contributed by atoms with E-state index in [2.05, 4.69) is 17.0 Å². The van der Waals surface area contributed by atoms with Gasteiger partial charge in [-0.2, -0.15) is 0 Å². The number of hydrogen-bond acceptors (Lipinski definition) is 3. The molecule has 1 unspecified atom stereocenters. The van der Waals surface area contributed by atoms with Gasteiger partial charge in [0.15, 0.2) is 0 Å². The first-order valence-electron chi connectivity index (χ1n) is 5.57. The zero-order chi connectivity index (χ0) is 10.8. The number of esters is 1. The standard InChI is InChI=1S/C6H13N.C5H10O2/c1-6-3-2-4-7-5-6;1-3-5(6)7-4-2/h6-7H,2-5H2,1H3;3-4H2,1-2H3. The van der Waals surface area contributed by atoms with Crippen LogP contribution in [0.15, 0.2) is 0 Å². The molecule has 84 valence electrons. The molecule has 0 aromatic carbocycles. The Morgan fingerprint density at radius 2 is 2.21 bits per heavy atom. The second-order valence-electron chi connectivity index (χ2n) is 3.61. The maximum absolute atomic E-state index is 10.2. The molecule has 0 bridgehead atoms. The molecule has 1 aliphatic rings. The molecule has 0 radical (unpaired) electrons. The number of carbonyl (C=O) groups excluding carboxylic acids is 1. The van der Waals surface area contributed by atoms with Gasteiger partial charge in [-0.1, -0.05) is 13.8 Å². The van der Waals surface area contributed by atoms with E-state index >= 15 is 0 Å². The van der Waals surface area contributed by atoms with Gasteiger partial charge in [-0.05, 0) is 38.8 Å². The minimum absolute atomic E-state index is 0.123. The summed E-state index contributed by atoms with van der Waals surface area (Å²) >= 11 is 0. The summed E-state index contributed by atoms with van der Waals surface area (Å²) in [6.07, 6.45) is 3.28. The number of ether oxygens (including phenoxy) is 1. The van der Waals surface area contributed by atoms with Crippen LogP contribution in [-0.4, -0.2) is 25.7 Å². The first-order chi connectivity index (χ1) is 6.70. The topological polar surface area (TPSA) is 38.3 Å². The van der Waals surface area contributed by atoms with Crippen LogP contribution in [-0.2, 0) is 9.53 Å². The molecule has 0 amide bonds. The Balaban J connectivity index is 0.000000241. The van der Waals surface area contributed by atoms with Gasteiger partial charge in [0.1, 0.15) is 0 Å². The minimum atomic E-state index is -0.123. The summed E-state index contributed by atoms with van der Waals surface area (Å²) in [5, 5.41) is 3.33. The van der Waals surface area contributed by atoms with Gasteiger partial charge in [0.05, 0.1) is 6.61 Å². The third-order valence-electron chi connectivity index (χ3n) is 2.14. The van der Waals surface area contributed by atoms with Gasteiger partial charge in [0.2, 0.25) is 0 Å². The van der Waals surface area contributed by atoms with E-state index in [0.717, 1.165) is 5.92 Å². The van der Waals surface area contributed by atoms with Crippen LogP contribution in [0.25, 0.3) is 0 Å². The molecule has 1 heterocycles. The third-order valence-corrected chi connectivity index (χ3v) is 2.14. The SMILES string of the molecule is CC1CCCNC1.CCOC(=O)CC. The second-order valence-corrected chi connectivity index (χ2v) is 3.61. The van der Waals surface area contributed by atoms with E-state index in [1.165, 1.54) is 25.9 Å². The Bertz CT molecular complexity index is 142. The van der Waals surface area contributed by atoms with Crippen molar-refractivity contribution in [1.82, 2.24) is 5.32 Å². The van der Waals surface area contributed by atoms with Crippen LogP contribution < -0.4 is 5.32 Å². The Morgan fingerprint density at radius 1 is 1.50 bits per heavy atom. The summed E-state index contributed by atoms with van der Waals surface area (Å²) < 4.78 is 4.55. The lowest BCUT2D eigenvalue weighted by molar-refractivity contribution is -0.142. The predicted molar refractivity (Wildman–Crippen MR) is 58.2 cm³/mol. The van der Waals surface area contributed by atoms with Crippen LogP contribution in [0, 0.1) is 5.92 Å². The van der Waals surface area contributed by atoms with Crippen LogP contribution in [0.4, 0.5) is 0 Å². The molecule has 1 N–H and O–H groups in total. The van der Waals surface area contributed by atoms with Gasteiger partial charge in [-0.25, -0.2) is 0 Å². The highest BCUT2D eigenvalue weighted by molar-refractivity contribution is 5.68. The zero-order valence-corrected chi connectivity index (χ0v) is 9.64. The van der Waals surface area contributed by atoms with Crippen molar-refractivity contribution in [3.8, 4) is 0 Å². The number of rotatable bonds is 2. The molecule has 0 aromatic rings. The average molecular weight is 201 g/mol. The first-order valence-corrected chi connectivity index (χ1v) is 5.57. The van der Waals surface area contributed by atoms with Gasteiger partial charge >= 0.3 is 5.97 Å². The summed E-state index contributed by atoms with van der Waals surface area (Å²) in [6, 6.07) is 0. The van der Waals surface area contributed by atoms with Crippen molar-refractivity contribution >= 4 is 5.97 Å². The van der Waals surface area contributed by atoms with Gasteiger partial charge in [-0.3, -0.25) is 4.79 Å². The highest BCUT2D eigenvalue weighted by atomic mass is 16.5. The lowest BCUT2D eigenvalue weighted by Gasteiger charge is -2.17. The normalized spacial score (nSPS) is 20.6. The molecule has 1 atom stereocenters. The summed E-state index contributed by atoms with van der Waals surface area (Å²) in [6.45, 7) is 8.84. The van der Waals surface area contributed by atoms with Crippen molar-refractivity contribution in [2.75, 3.05) is 19.7 Å². The van der Waals surface area contributed by atoms with E-state index in [4.69, 9.17) is 0 Å². The molecular weight excluding hydrogens is 178 g/mol.